The molecule has 5 heteroatoms. The maximum atomic E-state index is 10.3. The van der Waals surface area contributed by atoms with Gasteiger partial charge in [0.25, 0.3) is 0 Å². The number of hydrogen-bond acceptors (Lipinski definition) is 5. The van der Waals surface area contributed by atoms with E-state index in [4.69, 9.17) is 9.47 Å². The molecule has 0 aromatic carbocycles. The number of aliphatic hydroxyl groups is 3. The summed E-state index contributed by atoms with van der Waals surface area (Å²) in [5, 5.41) is 29.4. The first-order chi connectivity index (χ1) is 9.61. The van der Waals surface area contributed by atoms with Crippen LogP contribution in [0.5, 0.6) is 0 Å². The van der Waals surface area contributed by atoms with Crippen molar-refractivity contribution in [3.05, 3.63) is 0 Å². The zero-order valence-corrected chi connectivity index (χ0v) is 12.8. The Bertz CT molecular complexity index is 261. The van der Waals surface area contributed by atoms with E-state index in [-0.39, 0.29) is 6.61 Å². The van der Waals surface area contributed by atoms with E-state index in [2.05, 4.69) is 13.8 Å². The highest BCUT2D eigenvalue weighted by Crippen LogP contribution is 2.37. The van der Waals surface area contributed by atoms with Crippen LogP contribution in [0.4, 0.5) is 0 Å². The van der Waals surface area contributed by atoms with Crippen LogP contribution in [0.15, 0.2) is 0 Å². The average molecular weight is 290 g/mol. The minimum absolute atomic E-state index is 0.313. The van der Waals surface area contributed by atoms with E-state index in [1.165, 1.54) is 0 Å². The highest BCUT2D eigenvalue weighted by molar-refractivity contribution is 4.96. The topological polar surface area (TPSA) is 79.2 Å². The van der Waals surface area contributed by atoms with Crippen molar-refractivity contribution < 1.29 is 24.8 Å². The molecule has 0 aliphatic carbocycles. The zero-order valence-electron chi connectivity index (χ0n) is 12.8. The molecule has 0 aromatic rings. The second kappa shape index (κ2) is 8.95. The second-order valence-corrected chi connectivity index (χ2v) is 5.60. The highest BCUT2D eigenvalue weighted by Gasteiger charge is 2.54. The molecule has 1 aliphatic heterocycles. The fourth-order valence-corrected chi connectivity index (χ4v) is 2.62. The van der Waals surface area contributed by atoms with Crippen LogP contribution < -0.4 is 0 Å². The molecule has 0 spiro atoms. The van der Waals surface area contributed by atoms with E-state index in [1.807, 2.05) is 0 Å². The van der Waals surface area contributed by atoms with Gasteiger partial charge in [-0.1, -0.05) is 39.5 Å². The highest BCUT2D eigenvalue weighted by atomic mass is 16.7. The monoisotopic (exact) mass is 290 g/mol. The molecule has 20 heavy (non-hydrogen) atoms. The maximum Gasteiger partial charge on any atom is 0.197 e. The molecule has 4 atom stereocenters. The lowest BCUT2D eigenvalue weighted by atomic mass is 9.99. The quantitative estimate of drug-likeness (QED) is 0.532. The normalized spacial score (nSPS) is 33.8. The van der Waals surface area contributed by atoms with Crippen LogP contribution in [0.25, 0.3) is 0 Å². The molecule has 1 saturated heterocycles. The molecule has 1 fully saturated rings. The van der Waals surface area contributed by atoms with Crippen LogP contribution in [0.2, 0.25) is 0 Å². The van der Waals surface area contributed by atoms with Gasteiger partial charge >= 0.3 is 0 Å². The Morgan fingerprint density at radius 1 is 1.05 bits per heavy atom. The molecule has 5 nitrogen and oxygen atoms in total. The third-order valence-corrected chi connectivity index (χ3v) is 3.91. The van der Waals surface area contributed by atoms with Crippen LogP contribution in [-0.2, 0) is 9.47 Å². The van der Waals surface area contributed by atoms with Crippen molar-refractivity contribution in [3.63, 3.8) is 0 Å². The lowest BCUT2D eigenvalue weighted by Crippen LogP contribution is -2.45. The van der Waals surface area contributed by atoms with Crippen LogP contribution >= 0.6 is 0 Å². The fourth-order valence-electron chi connectivity index (χ4n) is 2.62. The largest absolute Gasteiger partial charge is 0.394 e. The first kappa shape index (κ1) is 17.9. The molecule has 1 aliphatic rings. The SMILES string of the molecule is CCCCCOC1(CCCCC)O[C@H](CO)[C@@H](O)[C@H]1O. The minimum Gasteiger partial charge on any atom is -0.394 e. The molecule has 1 rings (SSSR count). The predicted octanol–water partition coefficient (Wildman–Crippen LogP) is 1.58. The van der Waals surface area contributed by atoms with E-state index in [9.17, 15) is 15.3 Å². The first-order valence-corrected chi connectivity index (χ1v) is 7.90. The molecule has 1 heterocycles. The van der Waals surface area contributed by atoms with Gasteiger partial charge in [0, 0.05) is 6.42 Å². The summed E-state index contributed by atoms with van der Waals surface area (Å²) < 4.78 is 11.5. The first-order valence-electron chi connectivity index (χ1n) is 7.90. The summed E-state index contributed by atoms with van der Waals surface area (Å²) in [5.74, 6) is -1.16. The average Bonchev–Trinajstić information content (AvgIpc) is 2.69. The Hall–Kier alpha value is -0.200. The van der Waals surface area contributed by atoms with E-state index in [0.717, 1.165) is 38.5 Å². The van der Waals surface area contributed by atoms with Crippen LogP contribution in [0.3, 0.4) is 0 Å². The molecule has 0 amide bonds. The molecule has 0 bridgehead atoms. The van der Waals surface area contributed by atoms with Gasteiger partial charge in [0.15, 0.2) is 5.79 Å². The Labute approximate surface area is 121 Å². The standard InChI is InChI=1S/C15H30O5/c1-3-5-7-9-15(19-10-8-6-4-2)14(18)13(17)12(11-16)20-15/h12-14,16-18H,3-11H2,1-2H3/t12-,13-,14-,15?/m1/s1. The van der Waals surface area contributed by atoms with Gasteiger partial charge in [-0.05, 0) is 12.8 Å². The maximum absolute atomic E-state index is 10.3. The molecule has 1 unspecified atom stereocenters. The molecule has 0 saturated carbocycles. The van der Waals surface area contributed by atoms with Gasteiger partial charge in [-0.25, -0.2) is 0 Å². The van der Waals surface area contributed by atoms with Gasteiger partial charge in [-0.15, -0.1) is 0 Å². The summed E-state index contributed by atoms with van der Waals surface area (Å²) in [6, 6.07) is 0. The van der Waals surface area contributed by atoms with Crippen molar-refractivity contribution in [2.45, 2.75) is 82.9 Å². The molecule has 3 N–H and O–H groups in total. The summed E-state index contributed by atoms with van der Waals surface area (Å²) in [6.45, 7) is 4.41. The molecule has 0 radical (unpaired) electrons. The van der Waals surface area contributed by atoms with Crippen LogP contribution in [-0.4, -0.2) is 52.6 Å². The Morgan fingerprint density at radius 2 is 1.70 bits per heavy atom. The lowest BCUT2D eigenvalue weighted by Gasteiger charge is -2.32. The van der Waals surface area contributed by atoms with Gasteiger partial charge in [0.2, 0.25) is 0 Å². The molecular formula is C15H30O5. The van der Waals surface area contributed by atoms with E-state index in [0.29, 0.717) is 13.0 Å². The third kappa shape index (κ3) is 4.40. The van der Waals surface area contributed by atoms with Crippen molar-refractivity contribution in [2.75, 3.05) is 13.2 Å². The van der Waals surface area contributed by atoms with E-state index < -0.39 is 24.1 Å². The third-order valence-electron chi connectivity index (χ3n) is 3.91. The Morgan fingerprint density at radius 3 is 2.25 bits per heavy atom. The van der Waals surface area contributed by atoms with Gasteiger partial charge in [-0.3, -0.25) is 0 Å². The van der Waals surface area contributed by atoms with Crippen LogP contribution in [0.1, 0.15) is 58.8 Å². The zero-order chi connectivity index (χ0) is 15.0. The summed E-state index contributed by atoms with van der Waals surface area (Å²) in [4.78, 5) is 0. The number of ether oxygens (including phenoxy) is 2. The Kier molecular flexibility index (Phi) is 7.99. The fraction of sp³-hybridized carbons (Fsp3) is 1.00. The number of unbranched alkanes of at least 4 members (excludes halogenated alkanes) is 4. The lowest BCUT2D eigenvalue weighted by molar-refractivity contribution is -0.265. The minimum atomic E-state index is -1.16. The van der Waals surface area contributed by atoms with Crippen LogP contribution in [0, 0.1) is 0 Å². The molecule has 120 valence electrons. The smallest absolute Gasteiger partial charge is 0.197 e. The number of hydrogen-bond donors (Lipinski definition) is 3. The van der Waals surface area contributed by atoms with Crippen molar-refractivity contribution in [2.24, 2.45) is 0 Å². The predicted molar refractivity (Wildman–Crippen MR) is 76.3 cm³/mol. The summed E-state index contributed by atoms with van der Waals surface area (Å²) in [5.41, 5.74) is 0. The van der Waals surface area contributed by atoms with Gasteiger partial charge < -0.3 is 24.8 Å². The van der Waals surface area contributed by atoms with Gasteiger partial charge in [-0.2, -0.15) is 0 Å². The molecular weight excluding hydrogens is 260 g/mol. The van der Waals surface area contributed by atoms with Crippen molar-refractivity contribution in [1.82, 2.24) is 0 Å². The van der Waals surface area contributed by atoms with E-state index >= 15 is 0 Å². The van der Waals surface area contributed by atoms with Crippen molar-refractivity contribution in [1.29, 1.82) is 0 Å². The van der Waals surface area contributed by atoms with E-state index in [1.54, 1.807) is 0 Å². The number of rotatable bonds is 10. The second-order valence-electron chi connectivity index (χ2n) is 5.60. The Balaban J connectivity index is 2.63. The van der Waals surface area contributed by atoms with Crippen molar-refractivity contribution in [3.8, 4) is 0 Å². The summed E-state index contributed by atoms with van der Waals surface area (Å²) in [7, 11) is 0. The van der Waals surface area contributed by atoms with Gasteiger partial charge in [0.1, 0.15) is 18.3 Å². The van der Waals surface area contributed by atoms with Gasteiger partial charge in [0.05, 0.1) is 13.2 Å². The summed E-state index contributed by atoms with van der Waals surface area (Å²) in [6.07, 6.45) is 3.61. The molecule has 0 aromatic heterocycles. The number of aliphatic hydroxyl groups excluding tert-OH is 3. The van der Waals surface area contributed by atoms with Crippen molar-refractivity contribution >= 4 is 0 Å². The summed E-state index contributed by atoms with van der Waals surface area (Å²) >= 11 is 0.